The topological polar surface area (TPSA) is 61.4 Å². The Balaban J connectivity index is 1.83. The number of carbonyl (C=O) groups excluding carboxylic acids is 2. The van der Waals surface area contributed by atoms with Gasteiger partial charge in [-0.1, -0.05) is 48.5 Å². The van der Waals surface area contributed by atoms with Crippen LogP contribution in [-0.4, -0.2) is 25.9 Å². The predicted molar refractivity (Wildman–Crippen MR) is 117 cm³/mol. The molecular weight excluding hydrogens is 362 g/mol. The van der Waals surface area contributed by atoms with Crippen LogP contribution in [0.3, 0.4) is 0 Å². The molecule has 1 unspecified atom stereocenters. The fraction of sp³-hybridized carbons (Fsp3) is 0.167. The lowest BCUT2D eigenvalue weighted by Gasteiger charge is -2.20. The molecule has 0 aliphatic rings. The highest BCUT2D eigenvalue weighted by molar-refractivity contribution is 6.06. The van der Waals surface area contributed by atoms with Crippen LogP contribution in [0.5, 0.6) is 0 Å². The quantitative estimate of drug-likeness (QED) is 0.655. The fourth-order valence-corrected chi connectivity index (χ4v) is 3.08. The predicted octanol–water partition coefficient (Wildman–Crippen LogP) is 4.50. The summed E-state index contributed by atoms with van der Waals surface area (Å²) in [5.74, 6) is -0.409. The van der Waals surface area contributed by atoms with Crippen LogP contribution in [0.25, 0.3) is 0 Å². The normalized spacial score (nSPS) is 11.4. The van der Waals surface area contributed by atoms with E-state index in [2.05, 4.69) is 10.6 Å². The molecule has 2 N–H and O–H groups in total. The molecule has 0 bridgehead atoms. The van der Waals surface area contributed by atoms with Crippen LogP contribution in [-0.2, 0) is 0 Å². The second-order valence-corrected chi connectivity index (χ2v) is 7.05. The molecular formula is C24H25N3O2. The highest BCUT2D eigenvalue weighted by Gasteiger charge is 2.17. The monoisotopic (exact) mass is 387 g/mol. The molecule has 148 valence electrons. The average Bonchev–Trinajstić information content (AvgIpc) is 2.74. The van der Waals surface area contributed by atoms with E-state index in [-0.39, 0.29) is 17.9 Å². The first-order chi connectivity index (χ1) is 14.0. The molecule has 0 heterocycles. The van der Waals surface area contributed by atoms with Gasteiger partial charge in [-0.2, -0.15) is 0 Å². The van der Waals surface area contributed by atoms with Gasteiger partial charge in [-0.3, -0.25) is 9.59 Å². The first-order valence-corrected chi connectivity index (χ1v) is 9.49. The van der Waals surface area contributed by atoms with Crippen LogP contribution >= 0.6 is 0 Å². The third-order valence-electron chi connectivity index (χ3n) is 4.66. The van der Waals surface area contributed by atoms with Crippen LogP contribution in [0.2, 0.25) is 0 Å². The first-order valence-electron chi connectivity index (χ1n) is 9.49. The van der Waals surface area contributed by atoms with Gasteiger partial charge in [0.15, 0.2) is 0 Å². The van der Waals surface area contributed by atoms with Crippen molar-refractivity contribution in [2.45, 2.75) is 13.0 Å². The van der Waals surface area contributed by atoms with E-state index >= 15 is 0 Å². The third-order valence-corrected chi connectivity index (χ3v) is 4.66. The van der Waals surface area contributed by atoms with Crippen LogP contribution in [0, 0.1) is 0 Å². The SMILES string of the molecule is CC(NC(=O)c1cc(NC(=O)c2ccccc2)ccc1N(C)C)c1ccccc1. The van der Waals surface area contributed by atoms with Gasteiger partial charge in [0.05, 0.1) is 11.6 Å². The van der Waals surface area contributed by atoms with E-state index in [1.807, 2.05) is 80.5 Å². The molecule has 0 spiro atoms. The summed E-state index contributed by atoms with van der Waals surface area (Å²) >= 11 is 0. The van der Waals surface area contributed by atoms with Gasteiger partial charge in [0.25, 0.3) is 11.8 Å². The van der Waals surface area contributed by atoms with Gasteiger partial charge in [-0.25, -0.2) is 0 Å². The molecule has 2 amide bonds. The number of hydrogen-bond acceptors (Lipinski definition) is 3. The molecule has 3 rings (SSSR count). The van der Waals surface area contributed by atoms with Crippen LogP contribution in [0.15, 0.2) is 78.9 Å². The summed E-state index contributed by atoms with van der Waals surface area (Å²) in [7, 11) is 3.77. The van der Waals surface area contributed by atoms with Gasteiger partial charge >= 0.3 is 0 Å². The number of nitrogens with zero attached hydrogens (tertiary/aromatic N) is 1. The smallest absolute Gasteiger partial charge is 0.255 e. The minimum absolute atomic E-state index is 0.138. The second kappa shape index (κ2) is 9.06. The average molecular weight is 387 g/mol. The molecule has 29 heavy (non-hydrogen) atoms. The van der Waals surface area contributed by atoms with Crippen molar-refractivity contribution in [2.75, 3.05) is 24.3 Å². The van der Waals surface area contributed by atoms with Crippen LogP contribution < -0.4 is 15.5 Å². The Morgan fingerprint density at radius 2 is 1.45 bits per heavy atom. The summed E-state index contributed by atoms with van der Waals surface area (Å²) in [6.45, 7) is 1.95. The molecule has 0 radical (unpaired) electrons. The Morgan fingerprint density at radius 3 is 2.07 bits per heavy atom. The van der Waals surface area contributed by atoms with E-state index in [4.69, 9.17) is 0 Å². The van der Waals surface area contributed by atoms with Crippen molar-refractivity contribution in [3.63, 3.8) is 0 Å². The van der Waals surface area contributed by atoms with Gasteiger partial charge in [0, 0.05) is 31.0 Å². The Hall–Kier alpha value is -3.60. The lowest BCUT2D eigenvalue weighted by molar-refractivity contribution is 0.0939. The summed E-state index contributed by atoms with van der Waals surface area (Å²) in [6.07, 6.45) is 0. The molecule has 0 saturated heterocycles. The highest BCUT2D eigenvalue weighted by Crippen LogP contribution is 2.24. The number of rotatable bonds is 6. The Kier molecular flexibility index (Phi) is 6.29. The number of nitrogens with one attached hydrogen (secondary N) is 2. The molecule has 5 heteroatoms. The summed E-state index contributed by atoms with van der Waals surface area (Å²) in [5, 5.41) is 5.91. The zero-order chi connectivity index (χ0) is 20.8. The maximum atomic E-state index is 13.0. The molecule has 0 saturated carbocycles. The molecule has 0 aliphatic carbocycles. The molecule has 0 aromatic heterocycles. The molecule has 3 aromatic rings. The third kappa shape index (κ3) is 5.02. The van der Waals surface area contributed by atoms with E-state index in [9.17, 15) is 9.59 Å². The van der Waals surface area contributed by atoms with E-state index in [1.54, 1.807) is 24.3 Å². The van der Waals surface area contributed by atoms with E-state index in [0.29, 0.717) is 16.8 Å². The van der Waals surface area contributed by atoms with Gasteiger partial charge < -0.3 is 15.5 Å². The van der Waals surface area contributed by atoms with Crippen LogP contribution in [0.4, 0.5) is 11.4 Å². The number of carbonyl (C=O) groups is 2. The summed E-state index contributed by atoms with van der Waals surface area (Å²) < 4.78 is 0. The van der Waals surface area contributed by atoms with E-state index < -0.39 is 0 Å². The Morgan fingerprint density at radius 1 is 0.828 bits per heavy atom. The van der Waals surface area contributed by atoms with E-state index in [0.717, 1.165) is 11.3 Å². The zero-order valence-electron chi connectivity index (χ0n) is 16.8. The maximum absolute atomic E-state index is 13.0. The van der Waals surface area contributed by atoms with Crippen molar-refractivity contribution in [3.05, 3.63) is 95.6 Å². The number of amides is 2. The summed E-state index contributed by atoms with van der Waals surface area (Å²) in [5.41, 5.74) is 3.44. The number of benzene rings is 3. The molecule has 0 aliphatic heterocycles. The molecule has 3 aromatic carbocycles. The van der Waals surface area contributed by atoms with Crippen LogP contribution in [0.1, 0.15) is 39.2 Å². The molecule has 1 atom stereocenters. The maximum Gasteiger partial charge on any atom is 0.255 e. The first kappa shape index (κ1) is 20.1. The Bertz CT molecular complexity index is 986. The van der Waals surface area contributed by atoms with Crippen molar-refractivity contribution >= 4 is 23.2 Å². The fourth-order valence-electron chi connectivity index (χ4n) is 3.08. The summed E-state index contributed by atoms with van der Waals surface area (Å²) in [6, 6.07) is 24.0. The van der Waals surface area contributed by atoms with Crippen molar-refractivity contribution in [2.24, 2.45) is 0 Å². The van der Waals surface area contributed by atoms with Crippen molar-refractivity contribution in [1.82, 2.24) is 5.32 Å². The standard InChI is InChI=1S/C24H25N3O2/c1-17(18-10-6-4-7-11-18)25-24(29)21-16-20(14-15-22(21)27(2)3)26-23(28)19-12-8-5-9-13-19/h4-17H,1-3H3,(H,25,29)(H,26,28). The minimum atomic E-state index is -0.216. The second-order valence-electron chi connectivity index (χ2n) is 7.05. The molecule has 5 nitrogen and oxygen atoms in total. The minimum Gasteiger partial charge on any atom is -0.377 e. The van der Waals surface area contributed by atoms with Crippen molar-refractivity contribution in [3.8, 4) is 0 Å². The largest absolute Gasteiger partial charge is 0.377 e. The van der Waals surface area contributed by atoms with Gasteiger partial charge in [0.2, 0.25) is 0 Å². The van der Waals surface area contributed by atoms with Gasteiger partial charge in [-0.05, 0) is 42.8 Å². The molecule has 0 fully saturated rings. The zero-order valence-corrected chi connectivity index (χ0v) is 16.8. The van der Waals surface area contributed by atoms with Gasteiger partial charge in [0.1, 0.15) is 0 Å². The number of hydrogen-bond donors (Lipinski definition) is 2. The Labute approximate surface area is 171 Å². The van der Waals surface area contributed by atoms with Gasteiger partial charge in [-0.15, -0.1) is 0 Å². The number of anilines is 2. The lowest BCUT2D eigenvalue weighted by Crippen LogP contribution is -2.28. The van der Waals surface area contributed by atoms with E-state index in [1.165, 1.54) is 0 Å². The lowest BCUT2D eigenvalue weighted by atomic mass is 10.1. The summed E-state index contributed by atoms with van der Waals surface area (Å²) in [4.78, 5) is 27.3. The van der Waals surface area contributed by atoms with Crippen molar-refractivity contribution in [1.29, 1.82) is 0 Å². The van der Waals surface area contributed by atoms with Crippen molar-refractivity contribution < 1.29 is 9.59 Å². The highest BCUT2D eigenvalue weighted by atomic mass is 16.2.